The van der Waals surface area contributed by atoms with Crippen molar-refractivity contribution in [1.29, 1.82) is 0 Å². The SMILES string of the molecule is COc1cc(Sc2ccc(F)c(F)c2)c(F)cc1N. The fourth-order valence-corrected chi connectivity index (χ4v) is 2.35. The molecule has 2 N–H and O–H groups in total. The maximum atomic E-state index is 13.7. The maximum absolute atomic E-state index is 13.7. The van der Waals surface area contributed by atoms with Crippen LogP contribution in [0.1, 0.15) is 0 Å². The van der Waals surface area contributed by atoms with E-state index in [2.05, 4.69) is 0 Å². The Morgan fingerprint density at radius 2 is 1.74 bits per heavy atom. The van der Waals surface area contributed by atoms with Crippen molar-refractivity contribution >= 4 is 17.4 Å². The van der Waals surface area contributed by atoms with Gasteiger partial charge in [0.2, 0.25) is 0 Å². The van der Waals surface area contributed by atoms with Gasteiger partial charge in [-0.3, -0.25) is 0 Å². The van der Waals surface area contributed by atoms with Gasteiger partial charge in [-0.05, 0) is 24.3 Å². The largest absolute Gasteiger partial charge is 0.495 e. The summed E-state index contributed by atoms with van der Waals surface area (Å²) in [6, 6.07) is 5.90. The third kappa shape index (κ3) is 2.96. The second-order valence-corrected chi connectivity index (χ2v) is 4.82. The molecule has 0 amide bonds. The molecule has 6 heteroatoms. The van der Waals surface area contributed by atoms with Gasteiger partial charge in [0.05, 0.1) is 17.7 Å². The zero-order valence-electron chi connectivity index (χ0n) is 9.91. The molecule has 0 heterocycles. The van der Waals surface area contributed by atoms with Crippen LogP contribution in [0.25, 0.3) is 0 Å². The van der Waals surface area contributed by atoms with Crippen molar-refractivity contribution in [3.05, 3.63) is 47.8 Å². The minimum Gasteiger partial charge on any atom is -0.495 e. The molecule has 0 aromatic heterocycles. The second-order valence-electron chi connectivity index (χ2n) is 3.70. The lowest BCUT2D eigenvalue weighted by Gasteiger charge is -2.09. The normalized spacial score (nSPS) is 10.5. The number of hydrogen-bond acceptors (Lipinski definition) is 3. The highest BCUT2D eigenvalue weighted by atomic mass is 32.2. The van der Waals surface area contributed by atoms with E-state index in [0.717, 1.165) is 30.0 Å². The van der Waals surface area contributed by atoms with Crippen LogP contribution in [0.5, 0.6) is 5.75 Å². The van der Waals surface area contributed by atoms with Gasteiger partial charge < -0.3 is 10.5 Å². The molecular weight excluding hydrogens is 275 g/mol. The van der Waals surface area contributed by atoms with Crippen molar-refractivity contribution in [3.8, 4) is 5.75 Å². The summed E-state index contributed by atoms with van der Waals surface area (Å²) in [6.07, 6.45) is 0. The van der Waals surface area contributed by atoms with Crippen molar-refractivity contribution in [2.24, 2.45) is 0 Å². The van der Waals surface area contributed by atoms with E-state index in [1.807, 2.05) is 0 Å². The molecule has 19 heavy (non-hydrogen) atoms. The van der Waals surface area contributed by atoms with Gasteiger partial charge in [0.25, 0.3) is 0 Å². The standard InChI is InChI=1S/C13H10F3NOS/c1-18-12-6-13(10(16)5-11(12)17)19-7-2-3-8(14)9(15)4-7/h2-6H,17H2,1H3. The molecule has 0 bridgehead atoms. The first kappa shape index (κ1) is 13.6. The molecule has 0 atom stereocenters. The number of rotatable bonds is 3. The van der Waals surface area contributed by atoms with E-state index in [1.54, 1.807) is 0 Å². The van der Waals surface area contributed by atoms with E-state index < -0.39 is 17.5 Å². The number of halogens is 3. The van der Waals surface area contributed by atoms with Gasteiger partial charge in [0, 0.05) is 11.0 Å². The summed E-state index contributed by atoms with van der Waals surface area (Å²) in [7, 11) is 1.41. The molecule has 0 saturated heterocycles. The van der Waals surface area contributed by atoms with Crippen molar-refractivity contribution in [1.82, 2.24) is 0 Å². The van der Waals surface area contributed by atoms with E-state index in [-0.39, 0.29) is 10.6 Å². The molecule has 100 valence electrons. The molecule has 0 aliphatic carbocycles. The predicted octanol–water partition coefficient (Wildman–Crippen LogP) is 3.85. The van der Waals surface area contributed by atoms with E-state index in [9.17, 15) is 13.2 Å². The lowest BCUT2D eigenvalue weighted by atomic mass is 10.3. The van der Waals surface area contributed by atoms with Gasteiger partial charge in [0.15, 0.2) is 11.6 Å². The number of hydrogen-bond donors (Lipinski definition) is 1. The van der Waals surface area contributed by atoms with Gasteiger partial charge in [-0.1, -0.05) is 11.8 Å². The van der Waals surface area contributed by atoms with Gasteiger partial charge in [-0.2, -0.15) is 0 Å². The summed E-state index contributed by atoms with van der Waals surface area (Å²) < 4.78 is 44.5. The Labute approximate surface area is 112 Å². The molecule has 2 aromatic rings. The van der Waals surface area contributed by atoms with Gasteiger partial charge >= 0.3 is 0 Å². The molecule has 0 spiro atoms. The average molecular weight is 285 g/mol. The van der Waals surface area contributed by atoms with Crippen LogP contribution < -0.4 is 10.5 Å². The first-order chi connectivity index (χ1) is 9.01. The van der Waals surface area contributed by atoms with Crippen LogP contribution in [0.3, 0.4) is 0 Å². The van der Waals surface area contributed by atoms with E-state index in [0.29, 0.717) is 10.6 Å². The average Bonchev–Trinajstić information content (AvgIpc) is 2.37. The van der Waals surface area contributed by atoms with Crippen LogP contribution in [-0.4, -0.2) is 7.11 Å². The van der Waals surface area contributed by atoms with E-state index >= 15 is 0 Å². The highest BCUT2D eigenvalue weighted by Crippen LogP contribution is 2.35. The number of nitrogens with two attached hydrogens (primary N) is 1. The molecule has 0 fully saturated rings. The second kappa shape index (κ2) is 5.44. The maximum Gasteiger partial charge on any atom is 0.159 e. The third-order valence-corrected chi connectivity index (χ3v) is 3.43. The number of anilines is 1. The number of methoxy groups -OCH3 is 1. The molecule has 0 unspecified atom stereocenters. The molecule has 0 aliphatic heterocycles. The number of nitrogen functional groups attached to an aromatic ring is 1. The van der Waals surface area contributed by atoms with Gasteiger partial charge in [-0.25, -0.2) is 13.2 Å². The van der Waals surface area contributed by atoms with Crippen LogP contribution in [-0.2, 0) is 0 Å². The highest BCUT2D eigenvalue weighted by molar-refractivity contribution is 7.99. The molecule has 2 rings (SSSR count). The summed E-state index contributed by atoms with van der Waals surface area (Å²) >= 11 is 0.958. The first-order valence-electron chi connectivity index (χ1n) is 5.27. The third-order valence-electron chi connectivity index (χ3n) is 2.40. The van der Waals surface area contributed by atoms with Crippen LogP contribution >= 0.6 is 11.8 Å². The Hall–Kier alpha value is -1.82. The summed E-state index contributed by atoms with van der Waals surface area (Å²) in [5, 5.41) is 0. The molecular formula is C13H10F3NOS. The summed E-state index contributed by atoms with van der Waals surface area (Å²) in [5.74, 6) is -2.15. The predicted molar refractivity (Wildman–Crippen MR) is 67.8 cm³/mol. The first-order valence-corrected chi connectivity index (χ1v) is 6.09. The number of benzene rings is 2. The highest BCUT2D eigenvalue weighted by Gasteiger charge is 2.11. The van der Waals surface area contributed by atoms with Crippen molar-refractivity contribution in [2.45, 2.75) is 9.79 Å². The van der Waals surface area contributed by atoms with Gasteiger partial charge in [-0.15, -0.1) is 0 Å². The Bertz CT molecular complexity index is 619. The summed E-state index contributed by atoms with van der Waals surface area (Å²) in [5.41, 5.74) is 5.73. The summed E-state index contributed by atoms with van der Waals surface area (Å²) in [4.78, 5) is 0.599. The lowest BCUT2D eigenvalue weighted by molar-refractivity contribution is 0.414. The van der Waals surface area contributed by atoms with Crippen molar-refractivity contribution in [2.75, 3.05) is 12.8 Å². The monoisotopic (exact) mass is 285 g/mol. The zero-order chi connectivity index (χ0) is 14.0. The Morgan fingerprint density at radius 3 is 2.37 bits per heavy atom. The fourth-order valence-electron chi connectivity index (χ4n) is 1.47. The lowest BCUT2D eigenvalue weighted by Crippen LogP contribution is -1.95. The number of ether oxygens (including phenoxy) is 1. The fraction of sp³-hybridized carbons (Fsp3) is 0.0769. The van der Waals surface area contributed by atoms with E-state index in [4.69, 9.17) is 10.5 Å². The smallest absolute Gasteiger partial charge is 0.159 e. The summed E-state index contributed by atoms with van der Waals surface area (Å²) in [6.45, 7) is 0. The Balaban J connectivity index is 2.34. The quantitative estimate of drug-likeness (QED) is 0.870. The van der Waals surface area contributed by atoms with Crippen molar-refractivity contribution < 1.29 is 17.9 Å². The molecule has 0 saturated carbocycles. The van der Waals surface area contributed by atoms with Crippen LogP contribution in [0.4, 0.5) is 18.9 Å². The Kier molecular flexibility index (Phi) is 3.90. The van der Waals surface area contributed by atoms with Crippen LogP contribution in [0.2, 0.25) is 0 Å². The van der Waals surface area contributed by atoms with Crippen LogP contribution in [0, 0.1) is 17.5 Å². The van der Waals surface area contributed by atoms with Crippen molar-refractivity contribution in [3.63, 3.8) is 0 Å². The van der Waals surface area contributed by atoms with Crippen LogP contribution in [0.15, 0.2) is 40.1 Å². The molecule has 0 aliphatic rings. The molecule has 2 nitrogen and oxygen atoms in total. The minimum absolute atomic E-state index is 0.176. The molecule has 0 radical (unpaired) electrons. The van der Waals surface area contributed by atoms with Gasteiger partial charge in [0.1, 0.15) is 11.6 Å². The van der Waals surface area contributed by atoms with E-state index in [1.165, 1.54) is 19.2 Å². The Morgan fingerprint density at radius 1 is 1.00 bits per heavy atom. The zero-order valence-corrected chi connectivity index (χ0v) is 10.7. The topological polar surface area (TPSA) is 35.2 Å². The molecule has 2 aromatic carbocycles. The minimum atomic E-state index is -0.979.